The molecule has 1 atom stereocenters. The lowest BCUT2D eigenvalue weighted by Gasteiger charge is -2.27. The van der Waals surface area contributed by atoms with Gasteiger partial charge in [-0.3, -0.25) is 4.79 Å². The van der Waals surface area contributed by atoms with Gasteiger partial charge in [-0.25, -0.2) is 4.99 Å². The Morgan fingerprint density at radius 1 is 1.03 bits per heavy atom. The van der Waals surface area contributed by atoms with Gasteiger partial charge in [0.25, 0.3) is 5.91 Å². The van der Waals surface area contributed by atoms with E-state index in [0.29, 0.717) is 19.7 Å². The Hall–Kier alpha value is -3.22. The molecule has 2 aromatic rings. The van der Waals surface area contributed by atoms with Crippen molar-refractivity contribution in [2.45, 2.75) is 38.8 Å². The zero-order valence-electron chi connectivity index (χ0n) is 18.7. The van der Waals surface area contributed by atoms with Crippen LogP contribution < -0.4 is 20.1 Å². The van der Waals surface area contributed by atoms with Crippen LogP contribution >= 0.6 is 0 Å². The third-order valence-corrected chi connectivity index (χ3v) is 5.67. The number of para-hydroxylation sites is 2. The molecule has 0 saturated carbocycles. The zero-order chi connectivity index (χ0) is 22.2. The van der Waals surface area contributed by atoms with Gasteiger partial charge in [-0.1, -0.05) is 24.3 Å². The van der Waals surface area contributed by atoms with E-state index in [1.807, 2.05) is 60.4 Å². The van der Waals surface area contributed by atoms with Crippen LogP contribution in [0.5, 0.6) is 11.5 Å². The predicted molar refractivity (Wildman–Crippen MR) is 125 cm³/mol. The highest BCUT2D eigenvalue weighted by molar-refractivity contribution is 5.94. The Morgan fingerprint density at radius 2 is 1.78 bits per heavy atom. The first-order valence-electron chi connectivity index (χ1n) is 11.5. The molecule has 0 bridgehead atoms. The largest absolute Gasteiger partial charge is 0.486 e. The molecule has 1 unspecified atom stereocenters. The van der Waals surface area contributed by atoms with Crippen LogP contribution in [-0.4, -0.2) is 55.7 Å². The number of benzene rings is 2. The smallest absolute Gasteiger partial charge is 0.253 e. The fraction of sp³-hybridized carbons (Fsp3) is 0.440. The third-order valence-electron chi connectivity index (χ3n) is 5.67. The van der Waals surface area contributed by atoms with E-state index in [0.717, 1.165) is 61.1 Å². The number of amides is 1. The molecule has 2 N–H and O–H groups in total. The number of ether oxygens (including phenoxy) is 2. The number of likely N-dealkylation sites (tertiary alicyclic amines) is 1. The summed E-state index contributed by atoms with van der Waals surface area (Å²) in [5.41, 5.74) is 1.81. The Morgan fingerprint density at radius 3 is 2.53 bits per heavy atom. The summed E-state index contributed by atoms with van der Waals surface area (Å²) in [6, 6.07) is 15.5. The summed E-state index contributed by atoms with van der Waals surface area (Å²) in [5.74, 6) is 2.41. The van der Waals surface area contributed by atoms with Crippen LogP contribution in [0.4, 0.5) is 0 Å². The maximum Gasteiger partial charge on any atom is 0.253 e. The monoisotopic (exact) mass is 436 g/mol. The van der Waals surface area contributed by atoms with E-state index in [1.165, 1.54) is 6.42 Å². The van der Waals surface area contributed by atoms with Gasteiger partial charge in [-0.15, -0.1) is 0 Å². The quantitative estimate of drug-likeness (QED) is 0.537. The highest BCUT2D eigenvalue weighted by Crippen LogP contribution is 2.30. The van der Waals surface area contributed by atoms with Crippen molar-refractivity contribution in [2.24, 2.45) is 4.99 Å². The molecule has 0 aliphatic carbocycles. The van der Waals surface area contributed by atoms with Crippen molar-refractivity contribution in [1.29, 1.82) is 0 Å². The number of carbonyl (C=O) groups is 1. The standard InChI is InChI=1S/C25H32N4O3/c1-2-26-25(28-17-21-18-31-22-8-4-5-9-23(22)32-21)27-16-19-10-12-20(13-11-19)24(30)29-14-6-3-7-15-29/h4-5,8-13,21H,2-3,6-7,14-18H2,1H3,(H2,26,27,28). The molecule has 1 saturated heterocycles. The van der Waals surface area contributed by atoms with E-state index in [4.69, 9.17) is 9.47 Å². The molecule has 170 valence electrons. The lowest BCUT2D eigenvalue weighted by molar-refractivity contribution is 0.0724. The van der Waals surface area contributed by atoms with Gasteiger partial charge in [-0.2, -0.15) is 0 Å². The number of piperidine rings is 1. The predicted octanol–water partition coefficient (Wildman–Crippen LogP) is 3.21. The maximum absolute atomic E-state index is 12.6. The fourth-order valence-corrected chi connectivity index (χ4v) is 3.92. The maximum atomic E-state index is 12.6. The average Bonchev–Trinajstić information content (AvgIpc) is 2.86. The number of rotatable bonds is 6. The van der Waals surface area contributed by atoms with Crippen molar-refractivity contribution >= 4 is 11.9 Å². The summed E-state index contributed by atoms with van der Waals surface area (Å²) in [6.07, 6.45) is 3.33. The number of hydrogen-bond acceptors (Lipinski definition) is 4. The zero-order valence-corrected chi connectivity index (χ0v) is 18.7. The van der Waals surface area contributed by atoms with Crippen molar-refractivity contribution in [3.05, 3.63) is 59.7 Å². The summed E-state index contributed by atoms with van der Waals surface area (Å²) in [5, 5.41) is 6.60. The molecule has 32 heavy (non-hydrogen) atoms. The van der Waals surface area contributed by atoms with Gasteiger partial charge in [0.1, 0.15) is 12.7 Å². The molecule has 0 aromatic heterocycles. The van der Waals surface area contributed by atoms with Crippen LogP contribution in [0, 0.1) is 0 Å². The van der Waals surface area contributed by atoms with Crippen LogP contribution in [0.3, 0.4) is 0 Å². The molecule has 2 aliphatic rings. The van der Waals surface area contributed by atoms with Gasteiger partial charge < -0.3 is 25.0 Å². The topological polar surface area (TPSA) is 75.2 Å². The van der Waals surface area contributed by atoms with Crippen molar-refractivity contribution in [3.63, 3.8) is 0 Å². The van der Waals surface area contributed by atoms with E-state index in [1.54, 1.807) is 0 Å². The average molecular weight is 437 g/mol. The first-order valence-corrected chi connectivity index (χ1v) is 11.5. The highest BCUT2D eigenvalue weighted by atomic mass is 16.6. The Kier molecular flexibility index (Phi) is 7.48. The van der Waals surface area contributed by atoms with Crippen LogP contribution in [0.1, 0.15) is 42.1 Å². The molecular formula is C25H32N4O3. The minimum atomic E-state index is -0.0890. The Balaban J connectivity index is 1.30. The van der Waals surface area contributed by atoms with Gasteiger partial charge in [0.05, 0.1) is 13.1 Å². The Labute approximate surface area is 189 Å². The molecule has 7 heteroatoms. The van der Waals surface area contributed by atoms with E-state index < -0.39 is 0 Å². The molecular weight excluding hydrogens is 404 g/mol. The second-order valence-corrected chi connectivity index (χ2v) is 8.12. The summed E-state index contributed by atoms with van der Waals surface area (Å²) in [4.78, 5) is 19.3. The van der Waals surface area contributed by atoms with Crippen LogP contribution in [0.25, 0.3) is 0 Å². The van der Waals surface area contributed by atoms with Crippen LogP contribution in [0.15, 0.2) is 53.5 Å². The second kappa shape index (κ2) is 10.9. The first kappa shape index (κ1) is 22.0. The van der Waals surface area contributed by atoms with Gasteiger partial charge in [0.2, 0.25) is 0 Å². The molecule has 1 fully saturated rings. The number of aliphatic imine (C=N–C) groups is 1. The van der Waals surface area contributed by atoms with Crippen molar-refractivity contribution in [3.8, 4) is 11.5 Å². The number of guanidine groups is 1. The summed E-state index contributed by atoms with van der Waals surface area (Å²) in [6.45, 7) is 6.14. The lowest BCUT2D eigenvalue weighted by atomic mass is 10.1. The normalized spacial score (nSPS) is 18.2. The van der Waals surface area contributed by atoms with Gasteiger partial charge >= 0.3 is 0 Å². The van der Waals surface area contributed by atoms with Crippen molar-refractivity contribution in [1.82, 2.24) is 15.5 Å². The van der Waals surface area contributed by atoms with Crippen LogP contribution in [0.2, 0.25) is 0 Å². The molecule has 0 spiro atoms. The molecule has 4 rings (SSSR count). The second-order valence-electron chi connectivity index (χ2n) is 8.12. The highest BCUT2D eigenvalue weighted by Gasteiger charge is 2.21. The minimum absolute atomic E-state index is 0.0890. The molecule has 7 nitrogen and oxygen atoms in total. The fourth-order valence-electron chi connectivity index (χ4n) is 3.92. The summed E-state index contributed by atoms with van der Waals surface area (Å²) < 4.78 is 11.8. The number of hydrogen-bond donors (Lipinski definition) is 2. The molecule has 2 aliphatic heterocycles. The van der Waals surface area contributed by atoms with E-state index >= 15 is 0 Å². The van der Waals surface area contributed by atoms with Crippen molar-refractivity contribution in [2.75, 3.05) is 32.8 Å². The van der Waals surface area contributed by atoms with Crippen molar-refractivity contribution < 1.29 is 14.3 Å². The summed E-state index contributed by atoms with van der Waals surface area (Å²) in [7, 11) is 0. The number of fused-ring (bicyclic) bond motifs is 1. The number of nitrogens with one attached hydrogen (secondary N) is 2. The number of carbonyl (C=O) groups excluding carboxylic acids is 1. The van der Waals surface area contributed by atoms with Gasteiger partial charge in [-0.05, 0) is 56.0 Å². The van der Waals surface area contributed by atoms with Gasteiger partial charge in [0.15, 0.2) is 17.5 Å². The minimum Gasteiger partial charge on any atom is -0.486 e. The molecule has 1 amide bonds. The SMILES string of the molecule is CCNC(=NCc1ccc(C(=O)N2CCCCC2)cc1)NCC1COc2ccccc2O1. The van der Waals surface area contributed by atoms with Gasteiger partial charge in [0, 0.05) is 25.2 Å². The van der Waals surface area contributed by atoms with Crippen LogP contribution in [-0.2, 0) is 6.54 Å². The summed E-state index contributed by atoms with van der Waals surface area (Å²) >= 11 is 0. The third kappa shape index (κ3) is 5.72. The van der Waals surface area contributed by atoms with E-state index in [9.17, 15) is 4.79 Å². The van der Waals surface area contributed by atoms with E-state index in [2.05, 4.69) is 15.6 Å². The Bertz CT molecular complexity index is 923. The first-order chi connectivity index (χ1) is 15.7. The molecule has 2 heterocycles. The van der Waals surface area contributed by atoms with E-state index in [-0.39, 0.29) is 12.0 Å². The number of nitrogens with zero attached hydrogens (tertiary/aromatic N) is 2. The lowest BCUT2D eigenvalue weighted by Crippen LogP contribution is -2.45. The molecule has 2 aromatic carbocycles. The molecule has 0 radical (unpaired) electrons.